The molecule has 1 aliphatic rings. The lowest BCUT2D eigenvalue weighted by atomic mass is 9.98. The van der Waals surface area contributed by atoms with Crippen molar-refractivity contribution in [1.29, 1.82) is 0 Å². The number of nitrogens with zero attached hydrogens (tertiary/aromatic N) is 1. The molecule has 27 heavy (non-hydrogen) atoms. The topological polar surface area (TPSA) is 45.3 Å². The highest BCUT2D eigenvalue weighted by Crippen LogP contribution is 2.31. The number of nitrogens with one attached hydrogen (secondary N) is 1. The van der Waals surface area contributed by atoms with Gasteiger partial charge in [-0.15, -0.1) is 0 Å². The minimum Gasteiger partial charge on any atom is -0.497 e. The van der Waals surface area contributed by atoms with Crippen LogP contribution < -0.4 is 4.74 Å². The summed E-state index contributed by atoms with van der Waals surface area (Å²) in [6.07, 6.45) is 5.57. The van der Waals surface area contributed by atoms with Gasteiger partial charge in [0.25, 0.3) is 0 Å². The van der Waals surface area contributed by atoms with Crippen molar-refractivity contribution in [3.05, 3.63) is 71.4 Å². The van der Waals surface area contributed by atoms with Crippen LogP contribution in [0.3, 0.4) is 0 Å². The van der Waals surface area contributed by atoms with Crippen LogP contribution in [0.15, 0.2) is 54.7 Å². The molecule has 1 aliphatic heterocycles. The van der Waals surface area contributed by atoms with Gasteiger partial charge in [-0.1, -0.05) is 35.9 Å². The molecule has 4 nitrogen and oxygen atoms in total. The summed E-state index contributed by atoms with van der Waals surface area (Å²) in [5.74, 6) is 1.05. The summed E-state index contributed by atoms with van der Waals surface area (Å²) >= 11 is 0. The van der Waals surface area contributed by atoms with Crippen LogP contribution in [0.25, 0.3) is 16.5 Å². The van der Waals surface area contributed by atoms with Gasteiger partial charge in [-0.25, -0.2) is 0 Å². The molecule has 4 rings (SSSR count). The van der Waals surface area contributed by atoms with Crippen LogP contribution in [-0.2, 0) is 11.2 Å². The number of benzene rings is 2. The summed E-state index contributed by atoms with van der Waals surface area (Å²) in [5, 5.41) is 1.17. The average Bonchev–Trinajstić information content (AvgIpc) is 3.11. The molecule has 0 aliphatic carbocycles. The van der Waals surface area contributed by atoms with E-state index in [2.05, 4.69) is 42.4 Å². The predicted molar refractivity (Wildman–Crippen MR) is 109 cm³/mol. The van der Waals surface area contributed by atoms with Crippen LogP contribution in [0.5, 0.6) is 5.75 Å². The lowest BCUT2D eigenvalue weighted by Gasteiger charge is -2.26. The van der Waals surface area contributed by atoms with Gasteiger partial charge in [-0.05, 0) is 42.7 Å². The van der Waals surface area contributed by atoms with Gasteiger partial charge in [-0.3, -0.25) is 4.79 Å². The summed E-state index contributed by atoms with van der Waals surface area (Å²) in [6, 6.07) is 14.2. The molecule has 1 amide bonds. The zero-order chi connectivity index (χ0) is 18.8. The summed E-state index contributed by atoms with van der Waals surface area (Å²) < 4.78 is 5.36. The van der Waals surface area contributed by atoms with Crippen molar-refractivity contribution in [3.8, 4) is 5.75 Å². The van der Waals surface area contributed by atoms with E-state index in [4.69, 9.17) is 4.74 Å². The fraction of sp³-hybridized carbons (Fsp3) is 0.261. The molecule has 1 aromatic heterocycles. The first kappa shape index (κ1) is 17.4. The van der Waals surface area contributed by atoms with E-state index in [1.54, 1.807) is 7.11 Å². The molecule has 0 spiro atoms. The highest BCUT2D eigenvalue weighted by Gasteiger charge is 2.19. The van der Waals surface area contributed by atoms with Crippen molar-refractivity contribution in [2.75, 3.05) is 20.2 Å². The van der Waals surface area contributed by atoms with Gasteiger partial charge >= 0.3 is 0 Å². The van der Waals surface area contributed by atoms with E-state index in [9.17, 15) is 4.79 Å². The van der Waals surface area contributed by atoms with Crippen LogP contribution >= 0.6 is 0 Å². The van der Waals surface area contributed by atoms with Gasteiger partial charge in [0.1, 0.15) is 5.75 Å². The van der Waals surface area contributed by atoms with Crippen LogP contribution in [0.2, 0.25) is 0 Å². The molecule has 0 radical (unpaired) electrons. The molecule has 0 fully saturated rings. The summed E-state index contributed by atoms with van der Waals surface area (Å²) in [4.78, 5) is 17.9. The van der Waals surface area contributed by atoms with E-state index in [1.165, 1.54) is 22.1 Å². The van der Waals surface area contributed by atoms with Crippen molar-refractivity contribution in [1.82, 2.24) is 9.88 Å². The van der Waals surface area contributed by atoms with Crippen LogP contribution in [0.4, 0.5) is 0 Å². The second kappa shape index (κ2) is 7.31. The monoisotopic (exact) mass is 360 g/mol. The molecule has 0 bridgehead atoms. The molecule has 2 aromatic carbocycles. The molecule has 3 aromatic rings. The van der Waals surface area contributed by atoms with Gasteiger partial charge in [0.2, 0.25) is 5.91 Å². The van der Waals surface area contributed by atoms with E-state index in [0.717, 1.165) is 29.8 Å². The summed E-state index contributed by atoms with van der Waals surface area (Å²) in [7, 11) is 1.69. The number of aromatic amines is 1. The maximum atomic E-state index is 12.6. The first-order valence-electron chi connectivity index (χ1n) is 9.32. The summed E-state index contributed by atoms with van der Waals surface area (Å²) in [5.41, 5.74) is 5.86. The average molecular weight is 360 g/mol. The number of hydrogen-bond donors (Lipinski definition) is 1. The van der Waals surface area contributed by atoms with Crippen molar-refractivity contribution in [2.45, 2.75) is 19.8 Å². The number of aryl methyl sites for hydroxylation is 1. The Kier molecular flexibility index (Phi) is 4.71. The minimum absolute atomic E-state index is 0.191. The van der Waals surface area contributed by atoms with Gasteiger partial charge in [0.15, 0.2) is 0 Å². The zero-order valence-corrected chi connectivity index (χ0v) is 15.8. The van der Waals surface area contributed by atoms with Crippen molar-refractivity contribution in [3.63, 3.8) is 0 Å². The Labute approximate surface area is 159 Å². The third-order valence-electron chi connectivity index (χ3n) is 5.23. The standard InChI is InChI=1S/C23H24N2O2/c1-16-4-3-5-17(12-16)13-23(26)25-10-8-18(9-11-25)21-15-24-22-7-6-19(27-2)14-20(21)22/h3-8,12,14-15,24H,9-11,13H2,1-2H3. The van der Waals surface area contributed by atoms with Crippen molar-refractivity contribution >= 4 is 22.4 Å². The molecule has 1 N–H and O–H groups in total. The van der Waals surface area contributed by atoms with Gasteiger partial charge in [-0.2, -0.15) is 0 Å². The van der Waals surface area contributed by atoms with E-state index >= 15 is 0 Å². The number of carbonyl (C=O) groups excluding carboxylic acids is 1. The molecule has 2 heterocycles. The predicted octanol–water partition coefficient (Wildman–Crippen LogP) is 4.34. The smallest absolute Gasteiger partial charge is 0.227 e. The third-order valence-corrected chi connectivity index (χ3v) is 5.23. The Balaban J connectivity index is 1.49. The molecule has 0 saturated heterocycles. The van der Waals surface area contributed by atoms with Crippen LogP contribution in [0, 0.1) is 6.92 Å². The number of rotatable bonds is 4. The molecular weight excluding hydrogens is 336 g/mol. The van der Waals surface area contributed by atoms with E-state index < -0.39 is 0 Å². The maximum Gasteiger partial charge on any atom is 0.227 e. The van der Waals surface area contributed by atoms with Crippen molar-refractivity contribution < 1.29 is 9.53 Å². The second-order valence-electron chi connectivity index (χ2n) is 7.10. The fourth-order valence-electron chi connectivity index (χ4n) is 3.74. The molecule has 0 saturated carbocycles. The normalized spacial score (nSPS) is 14.3. The maximum absolute atomic E-state index is 12.6. The molecule has 0 atom stereocenters. The number of aromatic nitrogens is 1. The fourth-order valence-corrected chi connectivity index (χ4v) is 3.74. The third kappa shape index (κ3) is 3.61. The van der Waals surface area contributed by atoms with Crippen LogP contribution in [-0.4, -0.2) is 36.0 Å². The second-order valence-corrected chi connectivity index (χ2v) is 7.10. The number of carbonyl (C=O) groups is 1. The lowest BCUT2D eigenvalue weighted by Crippen LogP contribution is -2.35. The molecule has 4 heteroatoms. The molecule has 138 valence electrons. The Morgan fingerprint density at radius 1 is 1.22 bits per heavy atom. The number of H-pyrrole nitrogens is 1. The number of ether oxygens (including phenoxy) is 1. The quantitative estimate of drug-likeness (QED) is 0.752. The molecule has 0 unspecified atom stereocenters. The number of amides is 1. The van der Waals surface area contributed by atoms with Crippen molar-refractivity contribution in [2.24, 2.45) is 0 Å². The van der Waals surface area contributed by atoms with Gasteiger partial charge in [0, 0.05) is 35.8 Å². The Morgan fingerprint density at radius 3 is 2.85 bits per heavy atom. The summed E-state index contributed by atoms with van der Waals surface area (Å²) in [6.45, 7) is 3.48. The number of methoxy groups -OCH3 is 1. The van der Waals surface area contributed by atoms with E-state index in [0.29, 0.717) is 13.0 Å². The highest BCUT2D eigenvalue weighted by molar-refractivity contribution is 5.94. The largest absolute Gasteiger partial charge is 0.497 e. The number of hydrogen-bond acceptors (Lipinski definition) is 2. The van der Waals surface area contributed by atoms with Gasteiger partial charge in [0.05, 0.1) is 13.5 Å². The van der Waals surface area contributed by atoms with Crippen LogP contribution in [0.1, 0.15) is 23.1 Å². The van der Waals surface area contributed by atoms with Gasteiger partial charge < -0.3 is 14.6 Å². The number of fused-ring (bicyclic) bond motifs is 1. The lowest BCUT2D eigenvalue weighted by molar-refractivity contribution is -0.130. The molecular formula is C23H24N2O2. The van der Waals surface area contributed by atoms with E-state index in [1.807, 2.05) is 29.2 Å². The highest BCUT2D eigenvalue weighted by atomic mass is 16.5. The first-order valence-corrected chi connectivity index (χ1v) is 9.32. The SMILES string of the molecule is COc1ccc2[nH]cc(C3=CCN(C(=O)Cc4cccc(C)c4)CC3)c2c1. The van der Waals surface area contributed by atoms with E-state index in [-0.39, 0.29) is 5.91 Å². The minimum atomic E-state index is 0.191. The zero-order valence-electron chi connectivity index (χ0n) is 15.8. The first-order chi connectivity index (χ1) is 13.1. The Bertz CT molecular complexity index is 1020. The Hall–Kier alpha value is -3.01. The Morgan fingerprint density at radius 2 is 2.11 bits per heavy atom.